The van der Waals surface area contributed by atoms with E-state index >= 15 is 0 Å². The summed E-state index contributed by atoms with van der Waals surface area (Å²) < 4.78 is 0. The second kappa shape index (κ2) is 14.9. The summed E-state index contributed by atoms with van der Waals surface area (Å²) in [6, 6.07) is 0. The van der Waals surface area contributed by atoms with Crippen molar-refractivity contribution >= 4 is 5.78 Å². The van der Waals surface area contributed by atoms with Gasteiger partial charge < -0.3 is 0 Å². The molecule has 0 saturated heterocycles. The van der Waals surface area contributed by atoms with Gasteiger partial charge >= 0.3 is 0 Å². The molecule has 0 aliphatic rings. The Bertz CT molecular complexity index is 498. The van der Waals surface area contributed by atoms with Gasteiger partial charge in [-0.3, -0.25) is 4.79 Å². The molecule has 0 aliphatic heterocycles. The first-order valence-electron chi connectivity index (χ1n) is 9.26. The van der Waals surface area contributed by atoms with Crippen LogP contribution in [0.25, 0.3) is 0 Å². The standard InChI is InChI=1S/C23H36O/c1-6-7-8-9-13-20(2)14-10-15-21(3)16-11-17-22(4)18-12-19-23(5)24/h7-8,12,14,16,18-19H,6,9-11,13,15,17H2,1-5H3/b8-7+,19-12+,20-14+,21-16+,22-18+. The Labute approximate surface area is 149 Å². The summed E-state index contributed by atoms with van der Waals surface area (Å²) >= 11 is 0. The first-order chi connectivity index (χ1) is 11.5. The largest absolute Gasteiger partial charge is 0.295 e. The van der Waals surface area contributed by atoms with E-state index in [4.69, 9.17) is 0 Å². The molecule has 0 aromatic rings. The average Bonchev–Trinajstić information content (AvgIpc) is 2.51. The molecule has 0 fully saturated rings. The molecular weight excluding hydrogens is 292 g/mol. The summed E-state index contributed by atoms with van der Waals surface area (Å²) in [6.45, 7) is 10.3. The van der Waals surface area contributed by atoms with Gasteiger partial charge in [0.1, 0.15) is 0 Å². The molecule has 0 N–H and O–H groups in total. The highest BCUT2D eigenvalue weighted by Crippen LogP contribution is 2.13. The van der Waals surface area contributed by atoms with Gasteiger partial charge in [0.2, 0.25) is 0 Å². The van der Waals surface area contributed by atoms with Crippen LogP contribution in [0.4, 0.5) is 0 Å². The van der Waals surface area contributed by atoms with Gasteiger partial charge in [-0.1, -0.05) is 60.1 Å². The molecule has 0 radical (unpaired) electrons. The molecule has 0 bridgehead atoms. The second-order valence-electron chi connectivity index (χ2n) is 6.58. The highest BCUT2D eigenvalue weighted by atomic mass is 16.1. The normalized spacial score (nSPS) is 14.1. The van der Waals surface area contributed by atoms with Crippen LogP contribution in [0.2, 0.25) is 0 Å². The van der Waals surface area contributed by atoms with Gasteiger partial charge in [-0.25, -0.2) is 0 Å². The minimum atomic E-state index is 0.0968. The number of rotatable bonds is 12. The fourth-order valence-corrected chi connectivity index (χ4v) is 2.32. The van der Waals surface area contributed by atoms with E-state index in [9.17, 15) is 4.79 Å². The minimum absolute atomic E-state index is 0.0968. The zero-order valence-corrected chi connectivity index (χ0v) is 16.4. The summed E-state index contributed by atoms with van der Waals surface area (Å²) in [7, 11) is 0. The van der Waals surface area contributed by atoms with E-state index < -0.39 is 0 Å². The molecule has 0 aromatic carbocycles. The summed E-state index contributed by atoms with van der Waals surface area (Å²) in [6.07, 6.45) is 22.6. The fourth-order valence-electron chi connectivity index (χ4n) is 2.32. The van der Waals surface area contributed by atoms with Crippen molar-refractivity contribution in [3.8, 4) is 0 Å². The van der Waals surface area contributed by atoms with Crippen LogP contribution in [0.15, 0.2) is 59.3 Å². The molecule has 0 heterocycles. The monoisotopic (exact) mass is 328 g/mol. The minimum Gasteiger partial charge on any atom is -0.295 e. The van der Waals surface area contributed by atoms with Crippen LogP contribution in [-0.4, -0.2) is 5.78 Å². The van der Waals surface area contributed by atoms with E-state index in [1.54, 1.807) is 13.0 Å². The van der Waals surface area contributed by atoms with E-state index in [0.29, 0.717) is 0 Å². The summed E-state index contributed by atoms with van der Waals surface area (Å²) in [5.74, 6) is 0.0968. The van der Waals surface area contributed by atoms with Crippen molar-refractivity contribution in [3.05, 3.63) is 59.3 Å². The van der Waals surface area contributed by atoms with Crippen molar-refractivity contribution in [2.45, 2.75) is 79.6 Å². The van der Waals surface area contributed by atoms with E-state index in [1.807, 2.05) is 12.2 Å². The highest BCUT2D eigenvalue weighted by molar-refractivity contribution is 5.87. The first kappa shape index (κ1) is 22.4. The van der Waals surface area contributed by atoms with Gasteiger partial charge in [-0.2, -0.15) is 0 Å². The zero-order chi connectivity index (χ0) is 18.2. The molecule has 0 unspecified atom stereocenters. The third-order valence-corrected chi connectivity index (χ3v) is 3.88. The first-order valence-corrected chi connectivity index (χ1v) is 9.26. The van der Waals surface area contributed by atoms with E-state index in [-0.39, 0.29) is 5.78 Å². The Kier molecular flexibility index (Phi) is 13.9. The van der Waals surface area contributed by atoms with Crippen molar-refractivity contribution < 1.29 is 4.79 Å². The molecule has 0 aliphatic carbocycles. The Morgan fingerprint density at radius 1 is 0.750 bits per heavy atom. The summed E-state index contributed by atoms with van der Waals surface area (Å²) in [4.78, 5) is 10.8. The molecule has 0 aromatic heterocycles. The smallest absolute Gasteiger partial charge is 0.152 e. The van der Waals surface area contributed by atoms with Crippen molar-refractivity contribution in [1.29, 1.82) is 0 Å². The van der Waals surface area contributed by atoms with E-state index in [2.05, 4.69) is 52.0 Å². The maximum Gasteiger partial charge on any atom is 0.152 e. The van der Waals surface area contributed by atoms with Gasteiger partial charge in [0.25, 0.3) is 0 Å². The van der Waals surface area contributed by atoms with Crippen LogP contribution in [0.1, 0.15) is 79.6 Å². The number of allylic oxidation sites excluding steroid dienone is 10. The van der Waals surface area contributed by atoms with Gasteiger partial charge in [0.05, 0.1) is 0 Å². The average molecular weight is 329 g/mol. The third kappa shape index (κ3) is 15.3. The summed E-state index contributed by atoms with van der Waals surface area (Å²) in [5, 5.41) is 0. The SMILES string of the molecule is CC/C=C/CC/C(C)=C/CC/C(C)=C/CC/C(C)=C/C=C/C(C)=O. The molecule has 24 heavy (non-hydrogen) atoms. The van der Waals surface area contributed by atoms with Gasteiger partial charge in [0.15, 0.2) is 5.78 Å². The van der Waals surface area contributed by atoms with Crippen LogP contribution in [0.3, 0.4) is 0 Å². The third-order valence-electron chi connectivity index (χ3n) is 3.88. The quantitative estimate of drug-likeness (QED) is 0.209. The van der Waals surface area contributed by atoms with Crippen LogP contribution < -0.4 is 0 Å². The molecule has 0 spiro atoms. The van der Waals surface area contributed by atoms with Gasteiger partial charge in [0, 0.05) is 0 Å². The predicted molar refractivity (Wildman–Crippen MR) is 108 cm³/mol. The Hall–Kier alpha value is -1.63. The Balaban J connectivity index is 4.02. The predicted octanol–water partition coefficient (Wildman–Crippen LogP) is 7.28. The van der Waals surface area contributed by atoms with Crippen molar-refractivity contribution in [2.75, 3.05) is 0 Å². The van der Waals surface area contributed by atoms with Crippen LogP contribution >= 0.6 is 0 Å². The molecule has 0 amide bonds. The van der Waals surface area contributed by atoms with Crippen molar-refractivity contribution in [3.63, 3.8) is 0 Å². The second-order valence-corrected chi connectivity index (χ2v) is 6.58. The van der Waals surface area contributed by atoms with Gasteiger partial charge in [-0.05, 0) is 78.7 Å². The lowest BCUT2D eigenvalue weighted by Gasteiger charge is -2.02. The van der Waals surface area contributed by atoms with Gasteiger partial charge in [-0.15, -0.1) is 0 Å². The number of hydrogen-bond donors (Lipinski definition) is 0. The Morgan fingerprint density at radius 2 is 1.29 bits per heavy atom. The number of ketones is 1. The van der Waals surface area contributed by atoms with E-state index in [1.165, 1.54) is 23.1 Å². The van der Waals surface area contributed by atoms with E-state index in [0.717, 1.165) is 38.5 Å². The Morgan fingerprint density at radius 3 is 1.83 bits per heavy atom. The lowest BCUT2D eigenvalue weighted by molar-refractivity contribution is -0.112. The molecule has 0 atom stereocenters. The number of hydrogen-bond acceptors (Lipinski definition) is 1. The molecule has 1 nitrogen and oxygen atoms in total. The van der Waals surface area contributed by atoms with Crippen molar-refractivity contribution in [2.24, 2.45) is 0 Å². The van der Waals surface area contributed by atoms with Crippen LogP contribution in [0.5, 0.6) is 0 Å². The fraction of sp³-hybridized carbons (Fsp3) is 0.522. The molecule has 134 valence electrons. The number of carbonyl (C=O) groups is 1. The summed E-state index contributed by atoms with van der Waals surface area (Å²) in [5.41, 5.74) is 4.28. The maximum absolute atomic E-state index is 10.8. The van der Waals surface area contributed by atoms with Crippen LogP contribution in [0, 0.1) is 0 Å². The number of carbonyl (C=O) groups excluding carboxylic acids is 1. The molecular formula is C23H36O. The molecule has 0 saturated carbocycles. The van der Waals surface area contributed by atoms with Crippen molar-refractivity contribution in [1.82, 2.24) is 0 Å². The lowest BCUT2D eigenvalue weighted by Crippen LogP contribution is -1.82. The highest BCUT2D eigenvalue weighted by Gasteiger charge is 1.93. The molecule has 1 heteroatoms. The molecule has 0 rings (SSSR count). The zero-order valence-electron chi connectivity index (χ0n) is 16.4. The lowest BCUT2D eigenvalue weighted by atomic mass is 10.0. The maximum atomic E-state index is 10.8. The topological polar surface area (TPSA) is 17.1 Å². The van der Waals surface area contributed by atoms with Crippen LogP contribution in [-0.2, 0) is 4.79 Å².